The SMILES string of the molecule is COC(=O)[C@H](Cc1ccc(O)cc1)NC(=O)OCC(Cl)(Cl)Cl. The molecule has 0 bridgehead atoms. The van der Waals surface area contributed by atoms with E-state index >= 15 is 0 Å². The Morgan fingerprint density at radius 1 is 1.27 bits per heavy atom. The molecule has 1 aromatic carbocycles. The van der Waals surface area contributed by atoms with Crippen LogP contribution in [0.15, 0.2) is 24.3 Å². The molecule has 0 aliphatic carbocycles. The fourth-order valence-electron chi connectivity index (χ4n) is 1.53. The van der Waals surface area contributed by atoms with Crippen molar-refractivity contribution in [2.24, 2.45) is 0 Å². The molecule has 1 atom stereocenters. The van der Waals surface area contributed by atoms with Crippen LogP contribution in [0.4, 0.5) is 4.79 Å². The second-order valence-electron chi connectivity index (χ2n) is 4.28. The number of alkyl halides is 3. The van der Waals surface area contributed by atoms with Crippen molar-refractivity contribution < 1.29 is 24.2 Å². The second kappa shape index (κ2) is 8.31. The molecule has 6 nitrogen and oxygen atoms in total. The molecule has 0 spiro atoms. The molecule has 2 N–H and O–H groups in total. The molecule has 122 valence electrons. The van der Waals surface area contributed by atoms with Crippen LogP contribution in [0.5, 0.6) is 5.75 Å². The van der Waals surface area contributed by atoms with Gasteiger partial charge in [-0.2, -0.15) is 0 Å². The summed E-state index contributed by atoms with van der Waals surface area (Å²) >= 11 is 16.4. The monoisotopic (exact) mass is 369 g/mol. The quantitative estimate of drug-likeness (QED) is 0.615. The van der Waals surface area contributed by atoms with Crippen molar-refractivity contribution in [2.75, 3.05) is 13.7 Å². The van der Waals surface area contributed by atoms with Crippen LogP contribution in [-0.4, -0.2) is 40.7 Å². The van der Waals surface area contributed by atoms with Gasteiger partial charge in [0, 0.05) is 6.42 Å². The van der Waals surface area contributed by atoms with Gasteiger partial charge in [-0.3, -0.25) is 0 Å². The first-order valence-corrected chi connectivity index (χ1v) is 7.20. The standard InChI is InChI=1S/C13H14Cl3NO5/c1-21-11(19)10(6-8-2-4-9(18)5-3-8)17-12(20)22-7-13(14,15)16/h2-5,10,18H,6-7H2,1H3,(H,17,20)/t10-/m0/s1. The van der Waals surface area contributed by atoms with E-state index in [4.69, 9.17) is 39.5 Å². The van der Waals surface area contributed by atoms with Gasteiger partial charge in [0.1, 0.15) is 18.4 Å². The van der Waals surface area contributed by atoms with Gasteiger partial charge in [0.05, 0.1) is 7.11 Å². The van der Waals surface area contributed by atoms with Crippen molar-refractivity contribution in [2.45, 2.75) is 16.3 Å². The average molecular weight is 371 g/mol. The van der Waals surface area contributed by atoms with Crippen LogP contribution in [0.2, 0.25) is 0 Å². The molecule has 0 aromatic heterocycles. The number of phenols is 1. The first kappa shape index (κ1) is 18.7. The summed E-state index contributed by atoms with van der Waals surface area (Å²) in [5, 5.41) is 11.5. The number of hydrogen-bond acceptors (Lipinski definition) is 5. The third-order valence-electron chi connectivity index (χ3n) is 2.52. The van der Waals surface area contributed by atoms with Crippen molar-refractivity contribution in [3.63, 3.8) is 0 Å². The van der Waals surface area contributed by atoms with Crippen molar-refractivity contribution >= 4 is 46.9 Å². The van der Waals surface area contributed by atoms with Crippen LogP contribution in [-0.2, 0) is 20.7 Å². The molecule has 0 saturated heterocycles. The number of esters is 1. The van der Waals surface area contributed by atoms with Gasteiger partial charge in [0.2, 0.25) is 3.79 Å². The van der Waals surface area contributed by atoms with E-state index in [1.165, 1.54) is 19.2 Å². The highest BCUT2D eigenvalue weighted by atomic mass is 35.6. The van der Waals surface area contributed by atoms with E-state index in [-0.39, 0.29) is 12.2 Å². The first-order chi connectivity index (χ1) is 10.2. The number of amides is 1. The van der Waals surface area contributed by atoms with Gasteiger partial charge in [-0.05, 0) is 17.7 Å². The second-order valence-corrected chi connectivity index (χ2v) is 6.80. The largest absolute Gasteiger partial charge is 0.508 e. The number of rotatable bonds is 5. The molecule has 0 unspecified atom stereocenters. The first-order valence-electron chi connectivity index (χ1n) is 6.07. The van der Waals surface area contributed by atoms with E-state index in [2.05, 4.69) is 10.1 Å². The Morgan fingerprint density at radius 2 is 1.86 bits per heavy atom. The maximum atomic E-state index is 11.7. The highest BCUT2D eigenvalue weighted by Gasteiger charge is 2.26. The van der Waals surface area contributed by atoms with E-state index in [0.29, 0.717) is 5.56 Å². The predicted octanol–water partition coefficient (Wildman–Crippen LogP) is 2.57. The number of hydrogen-bond donors (Lipinski definition) is 2. The number of phenolic OH excluding ortho intramolecular Hbond substituents is 1. The lowest BCUT2D eigenvalue weighted by atomic mass is 10.1. The van der Waals surface area contributed by atoms with E-state index in [0.717, 1.165) is 0 Å². The van der Waals surface area contributed by atoms with E-state index in [1.807, 2.05) is 0 Å². The molecule has 0 aliphatic heterocycles. The summed E-state index contributed by atoms with van der Waals surface area (Å²) in [5.41, 5.74) is 0.704. The van der Waals surface area contributed by atoms with Gasteiger partial charge < -0.3 is 19.9 Å². The molecule has 1 amide bonds. The molecule has 0 radical (unpaired) electrons. The van der Waals surface area contributed by atoms with Crippen LogP contribution < -0.4 is 5.32 Å². The zero-order valence-electron chi connectivity index (χ0n) is 11.5. The molecule has 0 saturated carbocycles. The fraction of sp³-hybridized carbons (Fsp3) is 0.385. The molecule has 0 fully saturated rings. The Morgan fingerprint density at radius 3 is 2.36 bits per heavy atom. The number of aromatic hydroxyl groups is 1. The van der Waals surface area contributed by atoms with E-state index in [1.54, 1.807) is 12.1 Å². The van der Waals surface area contributed by atoms with Crippen LogP contribution in [0.3, 0.4) is 0 Å². The lowest BCUT2D eigenvalue weighted by Crippen LogP contribution is -2.43. The number of benzene rings is 1. The Bertz CT molecular complexity index is 515. The summed E-state index contributed by atoms with van der Waals surface area (Å²) in [5.74, 6) is -0.563. The maximum Gasteiger partial charge on any atom is 0.408 e. The van der Waals surface area contributed by atoms with Gasteiger partial charge in [-0.1, -0.05) is 46.9 Å². The summed E-state index contributed by atoms with van der Waals surface area (Å²) in [7, 11) is 1.19. The zero-order valence-corrected chi connectivity index (χ0v) is 13.8. The molecule has 1 aromatic rings. The minimum atomic E-state index is -1.74. The number of nitrogens with one attached hydrogen (secondary N) is 1. The normalized spacial score (nSPS) is 12.4. The smallest absolute Gasteiger partial charge is 0.408 e. The summed E-state index contributed by atoms with van der Waals surface area (Å²) < 4.78 is 7.57. The minimum absolute atomic E-state index is 0.0911. The highest BCUT2D eigenvalue weighted by Crippen LogP contribution is 2.25. The van der Waals surface area contributed by atoms with Crippen LogP contribution in [0.25, 0.3) is 0 Å². The number of ether oxygens (including phenoxy) is 2. The molecular weight excluding hydrogens is 357 g/mol. The van der Waals surface area contributed by atoms with Gasteiger partial charge in [-0.15, -0.1) is 0 Å². The Kier molecular flexibility index (Phi) is 7.06. The lowest BCUT2D eigenvalue weighted by molar-refractivity contribution is -0.142. The number of carbonyl (C=O) groups excluding carboxylic acids is 2. The number of halogens is 3. The summed E-state index contributed by atoms with van der Waals surface area (Å²) in [6, 6.07) is 5.17. The maximum absolute atomic E-state index is 11.7. The topological polar surface area (TPSA) is 84.9 Å². The highest BCUT2D eigenvalue weighted by molar-refractivity contribution is 6.67. The number of methoxy groups -OCH3 is 1. The van der Waals surface area contributed by atoms with Crippen molar-refractivity contribution in [1.82, 2.24) is 5.32 Å². The van der Waals surface area contributed by atoms with Gasteiger partial charge in [0.25, 0.3) is 0 Å². The Balaban J connectivity index is 2.66. The molecular formula is C13H14Cl3NO5. The Hall–Kier alpha value is -1.37. The van der Waals surface area contributed by atoms with E-state index < -0.39 is 28.5 Å². The van der Waals surface area contributed by atoms with Gasteiger partial charge in [-0.25, -0.2) is 9.59 Å². The molecule has 9 heteroatoms. The van der Waals surface area contributed by atoms with Crippen LogP contribution >= 0.6 is 34.8 Å². The van der Waals surface area contributed by atoms with Crippen molar-refractivity contribution in [3.05, 3.63) is 29.8 Å². The third kappa shape index (κ3) is 7.06. The van der Waals surface area contributed by atoms with Gasteiger partial charge in [0.15, 0.2) is 0 Å². The van der Waals surface area contributed by atoms with Crippen molar-refractivity contribution in [1.29, 1.82) is 0 Å². The van der Waals surface area contributed by atoms with Crippen molar-refractivity contribution in [3.8, 4) is 5.75 Å². The van der Waals surface area contributed by atoms with Gasteiger partial charge >= 0.3 is 12.1 Å². The number of alkyl carbamates (subject to hydrolysis) is 1. The fourth-order valence-corrected chi connectivity index (χ4v) is 1.70. The van der Waals surface area contributed by atoms with Crippen LogP contribution in [0.1, 0.15) is 5.56 Å². The minimum Gasteiger partial charge on any atom is -0.508 e. The van der Waals surface area contributed by atoms with Crippen LogP contribution in [0, 0.1) is 0 Å². The zero-order chi connectivity index (χ0) is 16.8. The molecule has 0 heterocycles. The summed E-state index contributed by atoms with van der Waals surface area (Å²) in [6.07, 6.45) is -0.768. The molecule has 22 heavy (non-hydrogen) atoms. The van der Waals surface area contributed by atoms with E-state index in [9.17, 15) is 14.7 Å². The Labute approximate surface area is 142 Å². The average Bonchev–Trinajstić information content (AvgIpc) is 2.45. The summed E-state index contributed by atoms with van der Waals surface area (Å²) in [6.45, 7) is -0.462. The third-order valence-corrected chi connectivity index (χ3v) is 2.85. The molecule has 1 rings (SSSR count). The lowest BCUT2D eigenvalue weighted by Gasteiger charge is -2.18. The predicted molar refractivity (Wildman–Crippen MR) is 82.4 cm³/mol. The molecule has 0 aliphatic rings. The number of carbonyl (C=O) groups is 2. The summed E-state index contributed by atoms with van der Waals surface area (Å²) in [4.78, 5) is 23.3.